The van der Waals surface area contributed by atoms with Gasteiger partial charge in [0.15, 0.2) is 0 Å². The number of benzene rings is 1. The third-order valence-electron chi connectivity index (χ3n) is 2.68. The van der Waals surface area contributed by atoms with Gasteiger partial charge < -0.3 is 5.32 Å². The molecule has 0 saturated heterocycles. The van der Waals surface area contributed by atoms with Crippen molar-refractivity contribution < 1.29 is 0 Å². The van der Waals surface area contributed by atoms with E-state index in [0.717, 1.165) is 5.56 Å². The fraction of sp³-hybridized carbons (Fsp3) is 0.143. The molecule has 0 radical (unpaired) electrons. The smallest absolute Gasteiger partial charge is 0.283 e. The van der Waals surface area contributed by atoms with E-state index in [9.17, 15) is 4.79 Å². The SMILES string of the molecule is C=CCn1ncc(NCc2ccc(Cl)cc2)c(Br)c1=O. The molecule has 2 aromatic rings. The molecule has 104 valence electrons. The third-order valence-corrected chi connectivity index (χ3v) is 3.70. The zero-order valence-corrected chi connectivity index (χ0v) is 13.0. The highest BCUT2D eigenvalue weighted by molar-refractivity contribution is 9.10. The number of allylic oxidation sites excluding steroid dienone is 1. The van der Waals surface area contributed by atoms with Crippen LogP contribution < -0.4 is 10.9 Å². The number of hydrogen-bond acceptors (Lipinski definition) is 3. The molecule has 0 bridgehead atoms. The Hall–Kier alpha value is -1.59. The summed E-state index contributed by atoms with van der Waals surface area (Å²) in [6.45, 7) is 4.56. The van der Waals surface area contributed by atoms with Crippen LogP contribution in [0.5, 0.6) is 0 Å². The summed E-state index contributed by atoms with van der Waals surface area (Å²) in [7, 11) is 0. The molecule has 20 heavy (non-hydrogen) atoms. The van der Waals surface area contributed by atoms with Crippen LogP contribution in [0.1, 0.15) is 5.56 Å². The van der Waals surface area contributed by atoms with E-state index in [1.54, 1.807) is 12.3 Å². The molecule has 0 atom stereocenters. The zero-order valence-electron chi connectivity index (χ0n) is 10.6. The van der Waals surface area contributed by atoms with Gasteiger partial charge in [-0.25, -0.2) is 4.68 Å². The van der Waals surface area contributed by atoms with Gasteiger partial charge in [0.25, 0.3) is 5.56 Å². The molecule has 0 spiro atoms. The fourth-order valence-corrected chi connectivity index (χ4v) is 2.21. The van der Waals surface area contributed by atoms with Crippen molar-refractivity contribution in [1.29, 1.82) is 0 Å². The molecule has 0 saturated carbocycles. The maximum Gasteiger partial charge on any atom is 0.283 e. The zero-order chi connectivity index (χ0) is 14.5. The van der Waals surface area contributed by atoms with Crippen LogP contribution in [0.2, 0.25) is 5.02 Å². The lowest BCUT2D eigenvalue weighted by Gasteiger charge is -2.09. The predicted molar refractivity (Wildman–Crippen MR) is 85.2 cm³/mol. The molecule has 0 aliphatic rings. The van der Waals surface area contributed by atoms with Crippen molar-refractivity contribution in [1.82, 2.24) is 9.78 Å². The summed E-state index contributed by atoms with van der Waals surface area (Å²) in [4.78, 5) is 12.0. The average Bonchev–Trinajstić information content (AvgIpc) is 2.45. The van der Waals surface area contributed by atoms with Crippen molar-refractivity contribution in [2.75, 3.05) is 5.32 Å². The highest BCUT2D eigenvalue weighted by Crippen LogP contribution is 2.17. The standard InChI is InChI=1S/C14H13BrClN3O/c1-2-7-19-14(20)13(15)12(9-18-19)17-8-10-3-5-11(16)6-4-10/h2-6,9,17H,1,7-8H2. The Morgan fingerprint density at radius 1 is 1.40 bits per heavy atom. The van der Waals surface area contributed by atoms with Gasteiger partial charge in [-0.15, -0.1) is 6.58 Å². The summed E-state index contributed by atoms with van der Waals surface area (Å²) in [5.41, 5.74) is 1.54. The van der Waals surface area contributed by atoms with Gasteiger partial charge in [-0.3, -0.25) is 4.79 Å². The first-order valence-corrected chi connectivity index (χ1v) is 7.13. The number of nitrogens with one attached hydrogen (secondary N) is 1. The van der Waals surface area contributed by atoms with Crippen LogP contribution in [-0.2, 0) is 13.1 Å². The molecule has 6 heteroatoms. The molecule has 1 aromatic heterocycles. The minimum absolute atomic E-state index is 0.189. The predicted octanol–water partition coefficient (Wildman–Crippen LogP) is 3.46. The van der Waals surface area contributed by atoms with E-state index < -0.39 is 0 Å². The Bertz CT molecular complexity index is 667. The Morgan fingerprint density at radius 2 is 2.10 bits per heavy atom. The number of hydrogen-bond donors (Lipinski definition) is 1. The molecular formula is C14H13BrClN3O. The Balaban J connectivity index is 2.14. The van der Waals surface area contributed by atoms with E-state index in [4.69, 9.17) is 11.6 Å². The summed E-state index contributed by atoms with van der Waals surface area (Å²) >= 11 is 9.13. The van der Waals surface area contributed by atoms with E-state index in [2.05, 4.69) is 32.9 Å². The normalized spacial score (nSPS) is 10.3. The summed E-state index contributed by atoms with van der Waals surface area (Å²) in [6.07, 6.45) is 3.24. The monoisotopic (exact) mass is 353 g/mol. The molecule has 0 aliphatic carbocycles. The quantitative estimate of drug-likeness (QED) is 0.837. The van der Waals surface area contributed by atoms with E-state index >= 15 is 0 Å². The summed E-state index contributed by atoms with van der Waals surface area (Å²) in [6, 6.07) is 7.51. The average molecular weight is 355 g/mol. The molecular weight excluding hydrogens is 342 g/mol. The Morgan fingerprint density at radius 3 is 2.75 bits per heavy atom. The molecule has 1 heterocycles. The highest BCUT2D eigenvalue weighted by atomic mass is 79.9. The van der Waals surface area contributed by atoms with E-state index in [0.29, 0.717) is 28.3 Å². The lowest BCUT2D eigenvalue weighted by molar-refractivity contribution is 0.649. The van der Waals surface area contributed by atoms with Crippen LogP contribution in [-0.4, -0.2) is 9.78 Å². The van der Waals surface area contributed by atoms with Crippen molar-refractivity contribution in [2.24, 2.45) is 0 Å². The van der Waals surface area contributed by atoms with Crippen LogP contribution in [0, 0.1) is 0 Å². The topological polar surface area (TPSA) is 46.9 Å². The van der Waals surface area contributed by atoms with Crippen LogP contribution in [0.4, 0.5) is 5.69 Å². The number of rotatable bonds is 5. The second-order valence-electron chi connectivity index (χ2n) is 4.13. The molecule has 1 aromatic carbocycles. The van der Waals surface area contributed by atoms with Crippen molar-refractivity contribution in [3.05, 3.63) is 68.5 Å². The van der Waals surface area contributed by atoms with Gasteiger partial charge in [0.05, 0.1) is 18.4 Å². The van der Waals surface area contributed by atoms with Gasteiger partial charge in [-0.2, -0.15) is 5.10 Å². The minimum Gasteiger partial charge on any atom is -0.379 e. The molecule has 0 aliphatic heterocycles. The molecule has 2 rings (SSSR count). The first kappa shape index (κ1) is 14.8. The van der Waals surface area contributed by atoms with Crippen LogP contribution in [0.15, 0.2) is 52.4 Å². The maximum absolute atomic E-state index is 12.0. The third kappa shape index (κ3) is 3.49. The fourth-order valence-electron chi connectivity index (χ4n) is 1.64. The maximum atomic E-state index is 12.0. The van der Waals surface area contributed by atoms with E-state index in [-0.39, 0.29) is 5.56 Å². The van der Waals surface area contributed by atoms with Gasteiger partial charge >= 0.3 is 0 Å². The first-order chi connectivity index (χ1) is 9.61. The van der Waals surface area contributed by atoms with Gasteiger partial charge in [0.2, 0.25) is 0 Å². The molecule has 0 unspecified atom stereocenters. The van der Waals surface area contributed by atoms with Crippen LogP contribution in [0.3, 0.4) is 0 Å². The number of aromatic nitrogens is 2. The lowest BCUT2D eigenvalue weighted by Crippen LogP contribution is -2.23. The second-order valence-corrected chi connectivity index (χ2v) is 5.36. The van der Waals surface area contributed by atoms with Crippen molar-refractivity contribution in [2.45, 2.75) is 13.1 Å². The highest BCUT2D eigenvalue weighted by Gasteiger charge is 2.07. The van der Waals surface area contributed by atoms with Crippen LogP contribution >= 0.6 is 27.5 Å². The first-order valence-electron chi connectivity index (χ1n) is 5.96. The van der Waals surface area contributed by atoms with Gasteiger partial charge in [-0.05, 0) is 33.6 Å². The van der Waals surface area contributed by atoms with Crippen LogP contribution in [0.25, 0.3) is 0 Å². The Labute approximate surface area is 130 Å². The number of halogens is 2. The second kappa shape index (κ2) is 6.72. The number of anilines is 1. The van der Waals surface area contributed by atoms with Gasteiger partial charge in [0.1, 0.15) is 4.47 Å². The summed E-state index contributed by atoms with van der Waals surface area (Å²) < 4.78 is 1.80. The molecule has 1 N–H and O–H groups in total. The summed E-state index contributed by atoms with van der Waals surface area (Å²) in [5, 5.41) is 7.94. The Kier molecular flexibility index (Phi) is 4.98. The largest absolute Gasteiger partial charge is 0.379 e. The molecule has 0 amide bonds. The van der Waals surface area contributed by atoms with E-state index in [1.807, 2.05) is 24.3 Å². The van der Waals surface area contributed by atoms with Crippen molar-refractivity contribution in [3.63, 3.8) is 0 Å². The van der Waals surface area contributed by atoms with Gasteiger partial charge in [0, 0.05) is 11.6 Å². The van der Waals surface area contributed by atoms with Gasteiger partial charge in [-0.1, -0.05) is 29.8 Å². The molecule has 4 nitrogen and oxygen atoms in total. The van der Waals surface area contributed by atoms with Crippen molar-refractivity contribution in [3.8, 4) is 0 Å². The lowest BCUT2D eigenvalue weighted by atomic mass is 10.2. The van der Waals surface area contributed by atoms with Crippen molar-refractivity contribution >= 4 is 33.2 Å². The summed E-state index contributed by atoms with van der Waals surface area (Å²) in [5.74, 6) is 0. The minimum atomic E-state index is -0.189. The number of nitrogens with zero attached hydrogens (tertiary/aromatic N) is 2. The molecule has 0 fully saturated rings. The van der Waals surface area contributed by atoms with E-state index in [1.165, 1.54) is 4.68 Å².